The minimum absolute atomic E-state index is 0.0467. The maximum atomic E-state index is 12.4. The molecule has 1 aromatic heterocycles. The van der Waals surface area contributed by atoms with Crippen LogP contribution in [-0.4, -0.2) is 20.8 Å². The van der Waals surface area contributed by atoms with Gasteiger partial charge in [-0.3, -0.25) is 4.79 Å². The summed E-state index contributed by atoms with van der Waals surface area (Å²) in [6, 6.07) is 0. The Hall–Kier alpha value is -1.45. The lowest BCUT2D eigenvalue weighted by Crippen LogP contribution is -2.25. The Morgan fingerprint density at radius 1 is 1.27 bits per heavy atom. The number of aromatic nitrogens is 2. The lowest BCUT2D eigenvalue weighted by atomic mass is 9.95. The Bertz CT molecular complexity index is 556. The average Bonchev–Trinajstić information content (AvgIpc) is 3.11. The van der Waals surface area contributed by atoms with Gasteiger partial charge in [-0.05, 0) is 12.3 Å². The molecule has 0 radical (unpaired) electrons. The molecule has 0 aromatic carbocycles. The van der Waals surface area contributed by atoms with Crippen molar-refractivity contribution in [1.29, 1.82) is 0 Å². The van der Waals surface area contributed by atoms with Gasteiger partial charge in [0.15, 0.2) is 0 Å². The number of carbonyl (C=O) groups excluding carboxylic acids is 1. The van der Waals surface area contributed by atoms with Gasteiger partial charge in [0, 0.05) is 30.1 Å². The highest BCUT2D eigenvalue weighted by Crippen LogP contribution is 2.30. The molecule has 1 aliphatic carbocycles. The van der Waals surface area contributed by atoms with Gasteiger partial charge in [-0.15, -0.1) is 0 Å². The van der Waals surface area contributed by atoms with Crippen molar-refractivity contribution in [2.75, 3.05) is 0 Å². The van der Waals surface area contributed by atoms with E-state index in [-0.39, 0.29) is 11.3 Å². The zero-order chi connectivity index (χ0) is 15.7. The van der Waals surface area contributed by atoms with Crippen LogP contribution in [0, 0.1) is 5.92 Å². The second-order valence-electron chi connectivity index (χ2n) is 7.85. The van der Waals surface area contributed by atoms with Crippen LogP contribution in [-0.2, 0) is 23.3 Å². The molecule has 0 atom stereocenters. The van der Waals surface area contributed by atoms with Crippen LogP contribution >= 0.6 is 0 Å². The Kier molecular flexibility index (Phi) is 4.20. The van der Waals surface area contributed by atoms with Gasteiger partial charge in [0.25, 0.3) is 0 Å². The Morgan fingerprint density at radius 2 is 2.00 bits per heavy atom. The molecule has 1 aliphatic heterocycles. The molecule has 22 heavy (non-hydrogen) atoms. The molecule has 0 saturated heterocycles. The van der Waals surface area contributed by atoms with Crippen LogP contribution in [0.25, 0.3) is 0 Å². The van der Waals surface area contributed by atoms with Gasteiger partial charge in [-0.1, -0.05) is 46.5 Å². The first-order chi connectivity index (χ1) is 10.4. The van der Waals surface area contributed by atoms with Crippen molar-refractivity contribution in [3.8, 4) is 0 Å². The summed E-state index contributed by atoms with van der Waals surface area (Å²) in [5.41, 5.74) is 2.10. The van der Waals surface area contributed by atoms with Crippen LogP contribution in [0.5, 0.6) is 0 Å². The molecule has 0 bridgehead atoms. The normalized spacial score (nSPS) is 18.8. The van der Waals surface area contributed by atoms with E-state index >= 15 is 0 Å². The van der Waals surface area contributed by atoms with Crippen molar-refractivity contribution in [3.05, 3.63) is 23.3 Å². The van der Waals surface area contributed by atoms with E-state index in [9.17, 15) is 4.79 Å². The van der Waals surface area contributed by atoms with Crippen molar-refractivity contribution in [2.45, 2.75) is 77.8 Å². The Morgan fingerprint density at radius 3 is 2.68 bits per heavy atom. The first kappa shape index (κ1) is 15.4. The van der Waals surface area contributed by atoms with Crippen LogP contribution in [0.2, 0.25) is 0 Å². The van der Waals surface area contributed by atoms with Crippen molar-refractivity contribution < 1.29 is 4.79 Å². The molecule has 120 valence electrons. The summed E-state index contributed by atoms with van der Waals surface area (Å²) in [4.78, 5) is 23.5. The number of fused-ring (bicyclic) bond motifs is 1. The largest absolute Gasteiger partial charge is 0.332 e. The monoisotopic (exact) mass is 301 g/mol. The van der Waals surface area contributed by atoms with Gasteiger partial charge in [-0.25, -0.2) is 9.97 Å². The van der Waals surface area contributed by atoms with Gasteiger partial charge in [-0.2, -0.15) is 0 Å². The first-order valence-corrected chi connectivity index (χ1v) is 8.56. The minimum atomic E-state index is -0.0467. The molecule has 0 spiro atoms. The predicted octanol–water partition coefficient (Wildman–Crippen LogP) is 3.59. The fourth-order valence-electron chi connectivity index (χ4n) is 3.48. The van der Waals surface area contributed by atoms with Crippen LogP contribution < -0.4 is 0 Å². The van der Waals surface area contributed by atoms with Gasteiger partial charge < -0.3 is 4.90 Å². The highest BCUT2D eigenvalue weighted by atomic mass is 16.2. The Balaban J connectivity index is 1.60. The molecule has 4 heteroatoms. The molecule has 0 N–H and O–H groups in total. The lowest BCUT2D eigenvalue weighted by Gasteiger charge is -2.17. The summed E-state index contributed by atoms with van der Waals surface area (Å²) >= 11 is 0. The van der Waals surface area contributed by atoms with Gasteiger partial charge >= 0.3 is 0 Å². The van der Waals surface area contributed by atoms with E-state index < -0.39 is 0 Å². The fraction of sp³-hybridized carbons (Fsp3) is 0.722. The van der Waals surface area contributed by atoms with Crippen LogP contribution in [0.1, 0.15) is 76.4 Å². The summed E-state index contributed by atoms with van der Waals surface area (Å²) in [5.74, 6) is 1.93. The molecule has 2 aliphatic rings. The second-order valence-corrected chi connectivity index (χ2v) is 7.85. The first-order valence-electron chi connectivity index (χ1n) is 8.56. The standard InChI is InChI=1S/C18H27N3O/c1-18(2,3)17-19-10-14-11-21(12-15(14)20-17)16(22)9-8-13-6-4-5-7-13/h10,13H,4-9,11-12H2,1-3H3. The summed E-state index contributed by atoms with van der Waals surface area (Å²) in [7, 11) is 0. The lowest BCUT2D eigenvalue weighted by molar-refractivity contribution is -0.132. The summed E-state index contributed by atoms with van der Waals surface area (Å²) in [6.07, 6.45) is 8.98. The van der Waals surface area contributed by atoms with E-state index in [4.69, 9.17) is 0 Å². The minimum Gasteiger partial charge on any atom is -0.332 e. The predicted molar refractivity (Wildman–Crippen MR) is 86.2 cm³/mol. The van der Waals surface area contributed by atoms with E-state index in [1.807, 2.05) is 11.1 Å². The number of nitrogens with zero attached hydrogens (tertiary/aromatic N) is 3. The van der Waals surface area contributed by atoms with Gasteiger partial charge in [0.2, 0.25) is 5.91 Å². The van der Waals surface area contributed by atoms with E-state index in [1.165, 1.54) is 25.7 Å². The molecule has 1 amide bonds. The van der Waals surface area contributed by atoms with E-state index in [2.05, 4.69) is 30.7 Å². The molecular weight excluding hydrogens is 274 g/mol. The van der Waals surface area contributed by atoms with Crippen LogP contribution in [0.3, 0.4) is 0 Å². The number of hydrogen-bond donors (Lipinski definition) is 0. The van der Waals surface area contributed by atoms with Crippen molar-refractivity contribution in [2.24, 2.45) is 5.92 Å². The van der Waals surface area contributed by atoms with Crippen molar-refractivity contribution in [1.82, 2.24) is 14.9 Å². The Labute approximate surface area is 133 Å². The molecule has 3 rings (SSSR count). The van der Waals surface area contributed by atoms with Crippen LogP contribution in [0.15, 0.2) is 6.20 Å². The molecule has 0 unspecified atom stereocenters. The smallest absolute Gasteiger partial charge is 0.223 e. The molecule has 2 heterocycles. The third-order valence-corrected chi connectivity index (χ3v) is 4.92. The number of hydrogen-bond acceptors (Lipinski definition) is 3. The topological polar surface area (TPSA) is 46.1 Å². The van der Waals surface area contributed by atoms with Gasteiger partial charge in [0.1, 0.15) is 5.82 Å². The summed E-state index contributed by atoms with van der Waals surface area (Å²) in [6.45, 7) is 7.70. The number of amides is 1. The highest BCUT2D eigenvalue weighted by molar-refractivity contribution is 5.76. The molecular formula is C18H27N3O. The maximum absolute atomic E-state index is 12.4. The van der Waals surface area contributed by atoms with Crippen molar-refractivity contribution >= 4 is 5.91 Å². The van der Waals surface area contributed by atoms with E-state index in [0.717, 1.165) is 29.4 Å². The third-order valence-electron chi connectivity index (χ3n) is 4.92. The van der Waals surface area contributed by atoms with E-state index in [1.54, 1.807) is 0 Å². The quantitative estimate of drug-likeness (QED) is 0.857. The van der Waals surface area contributed by atoms with Crippen molar-refractivity contribution in [3.63, 3.8) is 0 Å². The number of carbonyl (C=O) groups is 1. The highest BCUT2D eigenvalue weighted by Gasteiger charge is 2.28. The molecule has 1 aromatic rings. The SMILES string of the molecule is CC(C)(C)c1ncc2c(n1)CN(C(=O)CCC1CCCC1)C2. The third kappa shape index (κ3) is 3.31. The van der Waals surface area contributed by atoms with E-state index in [0.29, 0.717) is 19.5 Å². The van der Waals surface area contributed by atoms with Gasteiger partial charge in [0.05, 0.1) is 12.2 Å². The maximum Gasteiger partial charge on any atom is 0.223 e. The fourth-order valence-corrected chi connectivity index (χ4v) is 3.48. The summed E-state index contributed by atoms with van der Waals surface area (Å²) < 4.78 is 0. The molecule has 4 nitrogen and oxygen atoms in total. The molecule has 1 saturated carbocycles. The second kappa shape index (κ2) is 5.98. The molecule has 1 fully saturated rings. The zero-order valence-electron chi connectivity index (χ0n) is 14.1. The van der Waals surface area contributed by atoms with Crippen LogP contribution in [0.4, 0.5) is 0 Å². The average molecular weight is 301 g/mol. The number of rotatable bonds is 3. The zero-order valence-corrected chi connectivity index (χ0v) is 14.1. The summed E-state index contributed by atoms with van der Waals surface area (Å²) in [5, 5.41) is 0.